The SMILES string of the molecule is CC(=O)c1cc2ccc(Br)cc2[nH]1.Cc1nc(Nc2ccc3c(c2)C=NC3)c2scnc2n1.Clc1nccc(Nc2ccc3c(c2)C=NC3)n1.O=C(O)c1cc2ccc(Br)cc2o1. The second-order valence-electron chi connectivity index (χ2n) is 13.9. The van der Waals surface area contributed by atoms with Crippen molar-refractivity contribution in [2.45, 2.75) is 26.9 Å². The number of fused-ring (bicyclic) bond motifs is 5. The van der Waals surface area contributed by atoms with Gasteiger partial charge in [0.25, 0.3) is 0 Å². The van der Waals surface area contributed by atoms with Crippen LogP contribution in [-0.2, 0) is 13.1 Å². The molecule has 11 rings (SSSR count). The number of aromatic nitrogens is 6. The molecule has 7 heterocycles. The van der Waals surface area contributed by atoms with Gasteiger partial charge in [0.1, 0.15) is 21.9 Å². The van der Waals surface area contributed by atoms with Gasteiger partial charge in [-0.2, -0.15) is 0 Å². The molecule has 9 aromatic rings. The van der Waals surface area contributed by atoms with Crippen LogP contribution in [0.15, 0.2) is 126 Å². The van der Waals surface area contributed by atoms with E-state index in [1.807, 2.05) is 61.8 Å². The van der Waals surface area contributed by atoms with Crippen LogP contribution in [0.1, 0.15) is 56.0 Å². The molecule has 0 radical (unpaired) electrons. The van der Waals surface area contributed by atoms with E-state index in [1.165, 1.54) is 22.8 Å². The first-order valence-electron chi connectivity index (χ1n) is 19.0. The number of aromatic carboxylic acids is 1. The van der Waals surface area contributed by atoms with Crippen LogP contribution in [0.3, 0.4) is 0 Å². The van der Waals surface area contributed by atoms with Crippen molar-refractivity contribution < 1.29 is 19.1 Å². The minimum absolute atomic E-state index is 0.0342. The number of aromatic amines is 1. The van der Waals surface area contributed by atoms with Gasteiger partial charge in [0.05, 0.1) is 24.3 Å². The number of halogens is 3. The molecule has 0 aliphatic carbocycles. The Hall–Kier alpha value is -6.66. The number of aliphatic imine (C=N–C) groups is 2. The summed E-state index contributed by atoms with van der Waals surface area (Å²) in [6.07, 6.45) is 5.41. The maximum Gasteiger partial charge on any atom is 0.371 e. The molecule has 5 aromatic heterocycles. The lowest BCUT2D eigenvalue weighted by Gasteiger charge is -2.08. The van der Waals surface area contributed by atoms with E-state index in [-0.39, 0.29) is 16.8 Å². The van der Waals surface area contributed by atoms with Crippen molar-refractivity contribution in [3.05, 3.63) is 156 Å². The molecule has 0 bridgehead atoms. The van der Waals surface area contributed by atoms with Crippen molar-refractivity contribution in [2.24, 2.45) is 9.98 Å². The molecule has 0 spiro atoms. The van der Waals surface area contributed by atoms with Gasteiger partial charge in [0.2, 0.25) is 11.0 Å². The third-order valence-electron chi connectivity index (χ3n) is 9.40. The average molecular weight is 1010 g/mol. The number of carboxylic acids is 1. The van der Waals surface area contributed by atoms with Crippen molar-refractivity contribution in [3.8, 4) is 0 Å². The number of Topliss-reactive ketones (excluding diaryl/α,β-unsaturated/α-hetero) is 1. The summed E-state index contributed by atoms with van der Waals surface area (Å²) in [6, 6.07) is 28.8. The molecule has 63 heavy (non-hydrogen) atoms. The zero-order valence-electron chi connectivity index (χ0n) is 33.2. The van der Waals surface area contributed by atoms with Crippen molar-refractivity contribution in [1.82, 2.24) is 29.9 Å². The Labute approximate surface area is 384 Å². The number of carboxylic acid groups (broad SMARTS) is 1. The largest absolute Gasteiger partial charge is 0.475 e. The number of aryl methyl sites for hydroxylation is 1. The Morgan fingerprint density at radius 2 is 1.48 bits per heavy atom. The molecule has 0 atom stereocenters. The van der Waals surface area contributed by atoms with Crippen LogP contribution in [0.5, 0.6) is 0 Å². The number of benzene rings is 4. The zero-order valence-corrected chi connectivity index (χ0v) is 38.0. The van der Waals surface area contributed by atoms with Crippen molar-refractivity contribution in [3.63, 3.8) is 0 Å². The summed E-state index contributed by atoms with van der Waals surface area (Å²) in [4.78, 5) is 54.1. The molecular weight excluding hydrogens is 972 g/mol. The van der Waals surface area contributed by atoms with Crippen LogP contribution in [0.2, 0.25) is 5.28 Å². The summed E-state index contributed by atoms with van der Waals surface area (Å²) in [5.41, 5.74) is 11.5. The third kappa shape index (κ3) is 10.7. The summed E-state index contributed by atoms with van der Waals surface area (Å²) in [5.74, 6) is 1.19. The zero-order chi connectivity index (χ0) is 44.0. The summed E-state index contributed by atoms with van der Waals surface area (Å²) >= 11 is 13.9. The fraction of sp³-hybridized carbons (Fsp3) is 0.0889. The third-order valence-corrected chi connectivity index (χ3v) is 11.4. The topological polar surface area (TPSA) is 197 Å². The van der Waals surface area contributed by atoms with E-state index >= 15 is 0 Å². The van der Waals surface area contributed by atoms with Gasteiger partial charge in [-0.3, -0.25) is 14.8 Å². The highest BCUT2D eigenvalue weighted by molar-refractivity contribution is 9.10. The fourth-order valence-electron chi connectivity index (χ4n) is 6.40. The second-order valence-corrected chi connectivity index (χ2v) is 16.9. The number of H-pyrrole nitrogens is 1. The molecule has 4 aromatic carbocycles. The minimum Gasteiger partial charge on any atom is -0.475 e. The van der Waals surface area contributed by atoms with Crippen LogP contribution in [0.4, 0.5) is 23.0 Å². The summed E-state index contributed by atoms with van der Waals surface area (Å²) < 4.78 is 7.94. The number of carbonyl (C=O) groups excluding carboxylic acids is 1. The highest BCUT2D eigenvalue weighted by Gasteiger charge is 2.13. The fourth-order valence-corrected chi connectivity index (χ4v) is 7.92. The number of nitrogens with zero attached hydrogens (tertiary/aromatic N) is 7. The summed E-state index contributed by atoms with van der Waals surface area (Å²) in [6.45, 7) is 4.98. The van der Waals surface area contributed by atoms with Crippen molar-refractivity contribution in [2.75, 3.05) is 10.6 Å². The number of furan rings is 1. The molecule has 0 unspecified atom stereocenters. The Morgan fingerprint density at radius 3 is 2.16 bits per heavy atom. The number of thiazole rings is 1. The van der Waals surface area contributed by atoms with Crippen LogP contribution < -0.4 is 10.6 Å². The molecular formula is C45H33Br2ClN10O4S. The van der Waals surface area contributed by atoms with E-state index in [0.29, 0.717) is 22.9 Å². The minimum atomic E-state index is -1.05. The van der Waals surface area contributed by atoms with Crippen molar-refractivity contribution >= 4 is 134 Å². The maximum absolute atomic E-state index is 11.1. The molecule has 314 valence electrons. The lowest BCUT2D eigenvalue weighted by molar-refractivity contribution is 0.0664. The van der Waals surface area contributed by atoms with Gasteiger partial charge >= 0.3 is 5.97 Å². The number of rotatable bonds is 6. The first-order chi connectivity index (χ1) is 30.4. The molecule has 2 aliphatic heterocycles. The van der Waals surface area contributed by atoms with E-state index in [4.69, 9.17) is 21.1 Å². The van der Waals surface area contributed by atoms with Crippen LogP contribution in [-0.4, -0.2) is 59.2 Å². The number of hydrogen-bond donors (Lipinski definition) is 4. The van der Waals surface area contributed by atoms with Gasteiger partial charge in [-0.15, -0.1) is 11.3 Å². The van der Waals surface area contributed by atoms with Gasteiger partial charge in [0.15, 0.2) is 17.2 Å². The smallest absolute Gasteiger partial charge is 0.371 e. The van der Waals surface area contributed by atoms with E-state index < -0.39 is 5.97 Å². The Morgan fingerprint density at radius 1 is 0.794 bits per heavy atom. The predicted octanol–water partition coefficient (Wildman–Crippen LogP) is 11.9. The second kappa shape index (κ2) is 19.2. The van der Waals surface area contributed by atoms with E-state index in [9.17, 15) is 9.59 Å². The van der Waals surface area contributed by atoms with Crippen molar-refractivity contribution in [1.29, 1.82) is 0 Å². The van der Waals surface area contributed by atoms with Gasteiger partial charge in [-0.05, 0) is 114 Å². The lowest BCUT2D eigenvalue weighted by atomic mass is 10.1. The molecule has 0 fully saturated rings. The molecule has 0 amide bonds. The van der Waals surface area contributed by atoms with E-state index in [0.717, 1.165) is 71.4 Å². The first-order valence-corrected chi connectivity index (χ1v) is 21.9. The molecule has 14 nitrogen and oxygen atoms in total. The number of carbonyl (C=O) groups is 2. The highest BCUT2D eigenvalue weighted by Crippen LogP contribution is 2.29. The highest BCUT2D eigenvalue weighted by atomic mass is 79.9. The van der Waals surface area contributed by atoms with Gasteiger partial charge < -0.3 is 25.1 Å². The van der Waals surface area contributed by atoms with E-state index in [1.54, 1.807) is 48.2 Å². The number of ketones is 1. The summed E-state index contributed by atoms with van der Waals surface area (Å²) in [5, 5.41) is 17.3. The number of nitrogens with one attached hydrogen (secondary N) is 3. The monoisotopic (exact) mass is 1000 g/mol. The first kappa shape index (κ1) is 43.0. The Kier molecular flexibility index (Phi) is 13.1. The molecule has 2 aliphatic rings. The predicted molar refractivity (Wildman–Crippen MR) is 256 cm³/mol. The van der Waals surface area contributed by atoms with Crippen LogP contribution in [0, 0.1) is 6.92 Å². The maximum atomic E-state index is 11.1. The number of anilines is 4. The van der Waals surface area contributed by atoms with E-state index in [2.05, 4.69) is 107 Å². The van der Waals surface area contributed by atoms with Gasteiger partial charge in [-0.1, -0.05) is 50.1 Å². The Bertz CT molecular complexity index is 3150. The molecule has 0 saturated carbocycles. The Balaban J connectivity index is 0.000000117. The van der Waals surface area contributed by atoms with Gasteiger partial charge in [-0.25, -0.2) is 29.7 Å². The molecule has 4 N–H and O–H groups in total. The average Bonchev–Trinajstić information content (AvgIpc) is 4.11. The lowest BCUT2D eigenvalue weighted by Crippen LogP contribution is -1.98. The molecule has 0 saturated heterocycles. The van der Waals surface area contributed by atoms with Crippen LogP contribution in [0.25, 0.3) is 32.2 Å². The van der Waals surface area contributed by atoms with Gasteiger partial charge in [0, 0.05) is 62.2 Å². The normalized spacial score (nSPS) is 11.8. The summed E-state index contributed by atoms with van der Waals surface area (Å²) in [7, 11) is 0. The standard InChI is InChI=1S/C14H11N5S.C12H9ClN4.C10H8BrNO.C9H5BrO3/c1-8-17-13-12(20-7-16-13)14(18-8)19-11-3-2-9-5-15-6-10(9)4-11;13-12-15-4-3-11(17-12)16-10-2-1-8-6-14-7-9(8)5-10;1-6(13)9-4-7-2-3-8(11)5-10(7)12-9;10-6-2-1-5-3-8(9(11)12)13-7(5)4-6/h2-4,6-7H,5H2,1H3,(H,17,18,19);1-5,7H,6H2,(H,15,16,17);2-5,12H,1H3;1-4H,(H,11,12). The van der Waals surface area contributed by atoms with Crippen LogP contribution >= 0.6 is 54.8 Å². The number of hydrogen-bond acceptors (Lipinski definition) is 13. The quantitative estimate of drug-likeness (QED) is 0.0914. The molecule has 18 heteroatoms.